The summed E-state index contributed by atoms with van der Waals surface area (Å²) in [6.07, 6.45) is 9.76. The van der Waals surface area contributed by atoms with E-state index in [0.717, 1.165) is 38.5 Å². The summed E-state index contributed by atoms with van der Waals surface area (Å²) in [5.74, 6) is 0.361. The summed E-state index contributed by atoms with van der Waals surface area (Å²) in [4.78, 5) is 15.0. The first kappa shape index (κ1) is 20.0. The van der Waals surface area contributed by atoms with Crippen molar-refractivity contribution in [3.05, 3.63) is 25.3 Å². The number of carbonyl (C=O) groups excluding carboxylic acids is 1. The maximum absolute atomic E-state index is 13.1. The lowest BCUT2D eigenvalue weighted by molar-refractivity contribution is -0.138. The second-order valence-electron chi connectivity index (χ2n) is 7.03. The zero-order valence-electron chi connectivity index (χ0n) is 15.7. The first-order valence-corrected chi connectivity index (χ1v) is 9.25. The van der Waals surface area contributed by atoms with E-state index < -0.39 is 0 Å². The summed E-state index contributed by atoms with van der Waals surface area (Å²) in [6, 6.07) is 0. The monoisotopic (exact) mass is 320 g/mol. The second-order valence-corrected chi connectivity index (χ2v) is 7.03. The van der Waals surface area contributed by atoms with Gasteiger partial charge < -0.3 is 10.2 Å². The molecule has 1 aliphatic rings. The summed E-state index contributed by atoms with van der Waals surface area (Å²) in [5, 5.41) is 3.96. The van der Waals surface area contributed by atoms with E-state index in [1.807, 2.05) is 17.1 Å². The molecule has 3 heteroatoms. The predicted molar refractivity (Wildman–Crippen MR) is 99.5 cm³/mol. The lowest BCUT2D eigenvalue weighted by Crippen LogP contribution is -2.64. The SMILES string of the molecule is C=CCN(CC=C)C(=O)C1CC(CC)(CC)NC(CC)(CC)C1. The number of hydrogen-bond acceptors (Lipinski definition) is 2. The highest BCUT2D eigenvalue weighted by molar-refractivity contribution is 5.79. The minimum absolute atomic E-state index is 0.0820. The van der Waals surface area contributed by atoms with Gasteiger partial charge in [0, 0.05) is 30.1 Å². The molecule has 0 radical (unpaired) electrons. The highest BCUT2D eigenvalue weighted by Crippen LogP contribution is 2.41. The van der Waals surface area contributed by atoms with Crippen LogP contribution in [0.5, 0.6) is 0 Å². The van der Waals surface area contributed by atoms with E-state index in [-0.39, 0.29) is 22.9 Å². The van der Waals surface area contributed by atoms with Gasteiger partial charge in [-0.05, 0) is 38.5 Å². The molecule has 1 heterocycles. The summed E-state index contributed by atoms with van der Waals surface area (Å²) in [7, 11) is 0. The molecule has 0 aliphatic carbocycles. The predicted octanol–water partition coefficient (Wildman–Crippen LogP) is 4.30. The Bertz CT molecular complexity index is 378. The van der Waals surface area contributed by atoms with Gasteiger partial charge in [-0.2, -0.15) is 0 Å². The van der Waals surface area contributed by atoms with E-state index in [4.69, 9.17) is 0 Å². The van der Waals surface area contributed by atoms with Crippen molar-refractivity contribution < 1.29 is 4.79 Å². The van der Waals surface area contributed by atoms with Crippen molar-refractivity contribution in [2.24, 2.45) is 5.92 Å². The minimum atomic E-state index is 0.0820. The standard InChI is InChI=1S/C20H36N2O/c1-7-13-22(14-8-2)18(23)17-15-19(9-3,10-4)21-20(11-5,12-6)16-17/h7-8,17,21H,1-2,9-16H2,3-6H3. The summed E-state index contributed by atoms with van der Waals surface area (Å²) >= 11 is 0. The smallest absolute Gasteiger partial charge is 0.226 e. The van der Waals surface area contributed by atoms with Crippen molar-refractivity contribution >= 4 is 5.91 Å². The molecule has 1 aliphatic heterocycles. The van der Waals surface area contributed by atoms with E-state index in [9.17, 15) is 4.79 Å². The molecule has 0 unspecified atom stereocenters. The lowest BCUT2D eigenvalue weighted by atomic mass is 9.68. The molecule has 0 aromatic rings. The number of piperidine rings is 1. The van der Waals surface area contributed by atoms with Gasteiger partial charge >= 0.3 is 0 Å². The fourth-order valence-corrected chi connectivity index (χ4v) is 4.11. The first-order valence-electron chi connectivity index (χ1n) is 9.25. The fourth-order valence-electron chi connectivity index (χ4n) is 4.11. The van der Waals surface area contributed by atoms with Crippen molar-refractivity contribution in [2.75, 3.05) is 13.1 Å². The van der Waals surface area contributed by atoms with Crippen LogP contribution in [0.3, 0.4) is 0 Å². The second kappa shape index (κ2) is 8.68. The molecule has 0 saturated carbocycles. The van der Waals surface area contributed by atoms with E-state index in [2.05, 4.69) is 46.2 Å². The van der Waals surface area contributed by atoms with Crippen LogP contribution in [0, 0.1) is 5.92 Å². The van der Waals surface area contributed by atoms with Crippen LogP contribution < -0.4 is 5.32 Å². The van der Waals surface area contributed by atoms with Crippen molar-refractivity contribution in [3.8, 4) is 0 Å². The Morgan fingerprint density at radius 1 is 1.00 bits per heavy atom. The summed E-state index contributed by atoms with van der Waals surface area (Å²) in [6.45, 7) is 17.8. The Morgan fingerprint density at radius 2 is 1.39 bits per heavy atom. The van der Waals surface area contributed by atoms with Gasteiger partial charge in [0.25, 0.3) is 0 Å². The molecule has 1 rings (SSSR count). The average Bonchev–Trinajstić information content (AvgIpc) is 2.60. The van der Waals surface area contributed by atoms with Crippen molar-refractivity contribution in [1.29, 1.82) is 0 Å². The highest BCUT2D eigenvalue weighted by Gasteiger charge is 2.46. The fraction of sp³-hybridized carbons (Fsp3) is 0.750. The third-order valence-electron chi connectivity index (χ3n) is 5.87. The van der Waals surface area contributed by atoms with Crippen LogP contribution in [0.25, 0.3) is 0 Å². The molecule has 1 N–H and O–H groups in total. The van der Waals surface area contributed by atoms with Crippen LogP contribution in [-0.4, -0.2) is 35.0 Å². The Morgan fingerprint density at radius 3 is 1.70 bits per heavy atom. The van der Waals surface area contributed by atoms with E-state index in [1.165, 1.54) is 0 Å². The average molecular weight is 321 g/mol. The zero-order valence-corrected chi connectivity index (χ0v) is 15.7. The molecule has 0 atom stereocenters. The molecule has 132 valence electrons. The number of carbonyl (C=O) groups is 1. The van der Waals surface area contributed by atoms with E-state index in [0.29, 0.717) is 13.1 Å². The normalized spacial score (nSPS) is 20.0. The Balaban J connectivity index is 3.09. The van der Waals surface area contributed by atoms with Crippen LogP contribution in [0.15, 0.2) is 25.3 Å². The molecule has 0 aromatic heterocycles. The quantitative estimate of drug-likeness (QED) is 0.642. The molecule has 1 saturated heterocycles. The molecular formula is C20H36N2O. The number of hydrogen-bond donors (Lipinski definition) is 1. The van der Waals surface area contributed by atoms with Crippen molar-refractivity contribution in [1.82, 2.24) is 10.2 Å². The molecule has 1 fully saturated rings. The Kier molecular flexibility index (Phi) is 7.53. The third-order valence-corrected chi connectivity index (χ3v) is 5.87. The highest BCUT2D eigenvalue weighted by atomic mass is 16.2. The zero-order chi connectivity index (χ0) is 17.5. The Labute approximate surface area is 143 Å². The molecule has 0 spiro atoms. The molecule has 0 bridgehead atoms. The van der Waals surface area contributed by atoms with Gasteiger partial charge in [-0.3, -0.25) is 4.79 Å². The summed E-state index contributed by atoms with van der Waals surface area (Å²) < 4.78 is 0. The maximum Gasteiger partial charge on any atom is 0.226 e. The number of rotatable bonds is 9. The van der Waals surface area contributed by atoms with Crippen LogP contribution in [0.4, 0.5) is 0 Å². The molecule has 23 heavy (non-hydrogen) atoms. The lowest BCUT2D eigenvalue weighted by Gasteiger charge is -2.52. The van der Waals surface area contributed by atoms with Gasteiger partial charge in [-0.1, -0.05) is 39.8 Å². The minimum Gasteiger partial charge on any atom is -0.335 e. The molecule has 0 aromatic carbocycles. The molecule has 1 amide bonds. The largest absolute Gasteiger partial charge is 0.335 e. The molecular weight excluding hydrogens is 284 g/mol. The van der Waals surface area contributed by atoms with Crippen molar-refractivity contribution in [2.45, 2.75) is 77.3 Å². The van der Waals surface area contributed by atoms with E-state index >= 15 is 0 Å². The van der Waals surface area contributed by atoms with Gasteiger partial charge in [0.05, 0.1) is 0 Å². The van der Waals surface area contributed by atoms with Crippen LogP contribution in [0.1, 0.15) is 66.2 Å². The van der Waals surface area contributed by atoms with Gasteiger partial charge in [0.2, 0.25) is 5.91 Å². The maximum atomic E-state index is 13.1. The number of amides is 1. The van der Waals surface area contributed by atoms with E-state index in [1.54, 1.807) is 0 Å². The van der Waals surface area contributed by atoms with Crippen molar-refractivity contribution in [3.63, 3.8) is 0 Å². The molecule has 3 nitrogen and oxygen atoms in total. The van der Waals surface area contributed by atoms with Crippen LogP contribution in [0.2, 0.25) is 0 Å². The first-order chi connectivity index (χ1) is 10.9. The van der Waals surface area contributed by atoms with Gasteiger partial charge in [0.1, 0.15) is 0 Å². The van der Waals surface area contributed by atoms with Crippen LogP contribution >= 0.6 is 0 Å². The van der Waals surface area contributed by atoms with Crippen LogP contribution in [-0.2, 0) is 4.79 Å². The van der Waals surface area contributed by atoms with Gasteiger partial charge in [-0.15, -0.1) is 13.2 Å². The van der Waals surface area contributed by atoms with Gasteiger partial charge in [0.15, 0.2) is 0 Å². The number of nitrogens with one attached hydrogen (secondary N) is 1. The summed E-state index contributed by atoms with van der Waals surface area (Å²) in [5.41, 5.74) is 0.164. The third kappa shape index (κ3) is 4.47. The Hall–Kier alpha value is -1.09. The topological polar surface area (TPSA) is 32.3 Å². The van der Waals surface area contributed by atoms with Gasteiger partial charge in [-0.25, -0.2) is 0 Å². The number of nitrogens with zero attached hydrogens (tertiary/aromatic N) is 1.